The van der Waals surface area contributed by atoms with Crippen LogP contribution in [0.5, 0.6) is 0 Å². The first kappa shape index (κ1) is 11.6. The molecule has 0 saturated heterocycles. The van der Waals surface area contributed by atoms with E-state index in [0.29, 0.717) is 10.6 Å². The fourth-order valence-corrected chi connectivity index (χ4v) is 1.84. The normalized spacial score (nSPS) is 10.2. The second-order valence-corrected chi connectivity index (χ2v) is 3.88. The van der Waals surface area contributed by atoms with E-state index in [0.717, 1.165) is 6.07 Å². The van der Waals surface area contributed by atoms with E-state index in [9.17, 15) is 9.18 Å². The Kier molecular flexibility index (Phi) is 3.11. The second-order valence-electron chi connectivity index (χ2n) is 3.47. The van der Waals surface area contributed by atoms with E-state index >= 15 is 0 Å². The van der Waals surface area contributed by atoms with Crippen molar-refractivity contribution in [1.29, 1.82) is 0 Å². The Bertz CT molecular complexity index is 581. The van der Waals surface area contributed by atoms with Gasteiger partial charge < -0.3 is 5.11 Å². The molecule has 17 heavy (non-hydrogen) atoms. The Morgan fingerprint density at radius 2 is 1.82 bits per heavy atom. The van der Waals surface area contributed by atoms with E-state index < -0.39 is 11.8 Å². The summed E-state index contributed by atoms with van der Waals surface area (Å²) in [6.07, 6.45) is 0. The molecule has 0 bridgehead atoms. The van der Waals surface area contributed by atoms with Crippen LogP contribution in [0.3, 0.4) is 0 Å². The molecule has 0 aliphatic rings. The van der Waals surface area contributed by atoms with E-state index in [4.69, 9.17) is 16.7 Å². The summed E-state index contributed by atoms with van der Waals surface area (Å²) in [4.78, 5) is 11.1. The van der Waals surface area contributed by atoms with Gasteiger partial charge in [-0.1, -0.05) is 29.8 Å². The van der Waals surface area contributed by atoms with Crippen molar-refractivity contribution < 1.29 is 14.3 Å². The summed E-state index contributed by atoms with van der Waals surface area (Å²) >= 11 is 5.97. The van der Waals surface area contributed by atoms with E-state index in [1.807, 2.05) is 0 Å². The summed E-state index contributed by atoms with van der Waals surface area (Å²) in [6, 6.07) is 10.3. The van der Waals surface area contributed by atoms with Gasteiger partial charge in [-0.3, -0.25) is 0 Å². The number of benzene rings is 2. The molecule has 2 nitrogen and oxygen atoms in total. The zero-order chi connectivity index (χ0) is 12.4. The fraction of sp³-hybridized carbons (Fsp3) is 0. The predicted molar refractivity (Wildman–Crippen MR) is 63.8 cm³/mol. The number of carboxylic acids is 1. The summed E-state index contributed by atoms with van der Waals surface area (Å²) in [6.45, 7) is 0. The Balaban J connectivity index is 2.70. The molecule has 0 unspecified atom stereocenters. The van der Waals surface area contributed by atoms with Gasteiger partial charge in [0.25, 0.3) is 0 Å². The van der Waals surface area contributed by atoms with Gasteiger partial charge in [0.05, 0.1) is 5.56 Å². The third-order valence-corrected chi connectivity index (χ3v) is 2.71. The van der Waals surface area contributed by atoms with Crippen molar-refractivity contribution in [2.75, 3.05) is 0 Å². The highest BCUT2D eigenvalue weighted by Crippen LogP contribution is 2.30. The minimum absolute atomic E-state index is 0.0273. The quantitative estimate of drug-likeness (QED) is 0.879. The standard InChI is InChI=1S/C13H8ClFO2/c14-12-4-2-1-3-9(12)11-7-8(15)5-6-10(11)13(16)17/h1-7H,(H,16,17). The first-order valence-corrected chi connectivity index (χ1v) is 5.25. The third-order valence-electron chi connectivity index (χ3n) is 2.38. The van der Waals surface area contributed by atoms with Crippen LogP contribution in [-0.4, -0.2) is 11.1 Å². The summed E-state index contributed by atoms with van der Waals surface area (Å²) in [5.74, 6) is -1.61. The van der Waals surface area contributed by atoms with Gasteiger partial charge in [0.2, 0.25) is 0 Å². The predicted octanol–water partition coefficient (Wildman–Crippen LogP) is 3.84. The molecule has 0 saturated carbocycles. The molecule has 2 aromatic carbocycles. The minimum Gasteiger partial charge on any atom is -0.478 e. The van der Waals surface area contributed by atoms with Crippen LogP contribution in [0.15, 0.2) is 42.5 Å². The molecule has 0 amide bonds. The summed E-state index contributed by atoms with van der Waals surface area (Å²) in [7, 11) is 0. The molecule has 0 heterocycles. The van der Waals surface area contributed by atoms with Crippen LogP contribution in [0, 0.1) is 5.82 Å². The van der Waals surface area contributed by atoms with Crippen molar-refractivity contribution in [3.63, 3.8) is 0 Å². The van der Waals surface area contributed by atoms with Gasteiger partial charge in [-0.25, -0.2) is 9.18 Å². The largest absolute Gasteiger partial charge is 0.478 e. The smallest absolute Gasteiger partial charge is 0.336 e. The molecule has 0 radical (unpaired) electrons. The highest BCUT2D eigenvalue weighted by atomic mass is 35.5. The van der Waals surface area contributed by atoms with Crippen LogP contribution < -0.4 is 0 Å². The van der Waals surface area contributed by atoms with Crippen LogP contribution >= 0.6 is 11.6 Å². The van der Waals surface area contributed by atoms with Crippen molar-refractivity contribution in [2.24, 2.45) is 0 Å². The topological polar surface area (TPSA) is 37.3 Å². The van der Waals surface area contributed by atoms with Crippen molar-refractivity contribution >= 4 is 17.6 Å². The minimum atomic E-state index is -1.11. The fourth-order valence-electron chi connectivity index (χ4n) is 1.61. The number of rotatable bonds is 2. The lowest BCUT2D eigenvalue weighted by molar-refractivity contribution is 0.0697. The zero-order valence-corrected chi connectivity index (χ0v) is 9.41. The van der Waals surface area contributed by atoms with Crippen molar-refractivity contribution in [3.05, 3.63) is 58.9 Å². The summed E-state index contributed by atoms with van der Waals surface area (Å²) in [5.41, 5.74) is 0.814. The molecule has 86 valence electrons. The van der Waals surface area contributed by atoms with Crippen LogP contribution in [0.4, 0.5) is 4.39 Å². The number of hydrogen-bond donors (Lipinski definition) is 1. The van der Waals surface area contributed by atoms with Crippen LogP contribution in [0.2, 0.25) is 5.02 Å². The van der Waals surface area contributed by atoms with E-state index in [1.54, 1.807) is 24.3 Å². The molecular weight excluding hydrogens is 243 g/mol. The third kappa shape index (κ3) is 2.29. The maximum atomic E-state index is 13.2. The van der Waals surface area contributed by atoms with E-state index in [1.165, 1.54) is 12.1 Å². The molecule has 0 fully saturated rings. The zero-order valence-electron chi connectivity index (χ0n) is 8.65. The van der Waals surface area contributed by atoms with Gasteiger partial charge in [0.1, 0.15) is 5.82 Å². The molecule has 0 aliphatic carbocycles. The average Bonchev–Trinajstić information content (AvgIpc) is 2.29. The summed E-state index contributed by atoms with van der Waals surface area (Å²) < 4.78 is 13.2. The molecular formula is C13H8ClFO2. The van der Waals surface area contributed by atoms with E-state index in [2.05, 4.69) is 0 Å². The monoisotopic (exact) mass is 250 g/mol. The van der Waals surface area contributed by atoms with Crippen LogP contribution in [-0.2, 0) is 0 Å². The first-order valence-electron chi connectivity index (χ1n) is 4.87. The van der Waals surface area contributed by atoms with Crippen molar-refractivity contribution in [3.8, 4) is 11.1 Å². The van der Waals surface area contributed by atoms with Crippen LogP contribution in [0.25, 0.3) is 11.1 Å². The molecule has 1 N–H and O–H groups in total. The maximum Gasteiger partial charge on any atom is 0.336 e. The van der Waals surface area contributed by atoms with Crippen molar-refractivity contribution in [2.45, 2.75) is 0 Å². The van der Waals surface area contributed by atoms with Gasteiger partial charge in [-0.05, 0) is 24.3 Å². The van der Waals surface area contributed by atoms with Gasteiger partial charge in [-0.15, -0.1) is 0 Å². The van der Waals surface area contributed by atoms with Gasteiger partial charge in [0.15, 0.2) is 0 Å². The lowest BCUT2D eigenvalue weighted by Gasteiger charge is -2.08. The Hall–Kier alpha value is -1.87. The Morgan fingerprint density at radius 1 is 1.12 bits per heavy atom. The summed E-state index contributed by atoms with van der Waals surface area (Å²) in [5, 5.41) is 9.43. The molecule has 0 spiro atoms. The Labute approximate surface area is 102 Å². The number of hydrogen-bond acceptors (Lipinski definition) is 1. The second kappa shape index (κ2) is 4.55. The molecule has 2 aromatic rings. The first-order chi connectivity index (χ1) is 8.09. The number of carbonyl (C=O) groups is 1. The number of carboxylic acid groups (broad SMARTS) is 1. The maximum absolute atomic E-state index is 13.2. The molecule has 0 aliphatic heterocycles. The highest BCUT2D eigenvalue weighted by Gasteiger charge is 2.14. The van der Waals surface area contributed by atoms with Crippen molar-refractivity contribution in [1.82, 2.24) is 0 Å². The molecule has 2 rings (SSSR count). The lowest BCUT2D eigenvalue weighted by atomic mass is 9.99. The van der Waals surface area contributed by atoms with Gasteiger partial charge >= 0.3 is 5.97 Å². The number of aromatic carboxylic acids is 1. The molecule has 0 aromatic heterocycles. The Morgan fingerprint density at radius 3 is 2.47 bits per heavy atom. The molecule has 4 heteroatoms. The van der Waals surface area contributed by atoms with Crippen LogP contribution in [0.1, 0.15) is 10.4 Å². The van der Waals surface area contributed by atoms with E-state index in [-0.39, 0.29) is 11.1 Å². The SMILES string of the molecule is O=C(O)c1ccc(F)cc1-c1ccccc1Cl. The highest BCUT2D eigenvalue weighted by molar-refractivity contribution is 6.33. The van der Waals surface area contributed by atoms with Gasteiger partial charge in [-0.2, -0.15) is 0 Å². The number of halogens is 2. The molecule has 0 atom stereocenters. The average molecular weight is 251 g/mol. The lowest BCUT2D eigenvalue weighted by Crippen LogP contribution is -2.00. The van der Waals surface area contributed by atoms with Gasteiger partial charge in [0, 0.05) is 16.1 Å².